The first-order chi connectivity index (χ1) is 16.4. The van der Waals surface area contributed by atoms with E-state index in [1.54, 1.807) is 36.3 Å². The maximum Gasteiger partial charge on any atom is 0.324 e. The summed E-state index contributed by atoms with van der Waals surface area (Å²) in [5.41, 5.74) is 4.45. The number of carbonyl (C=O) groups excluding carboxylic acids is 2. The highest BCUT2D eigenvalue weighted by Crippen LogP contribution is 2.24. The molecular weight excluding hydrogens is 426 g/mol. The zero-order chi connectivity index (χ0) is 24.1. The molecule has 34 heavy (non-hydrogen) atoms. The summed E-state index contributed by atoms with van der Waals surface area (Å²) < 4.78 is 5.19. The molecule has 4 rings (SSSR count). The summed E-state index contributed by atoms with van der Waals surface area (Å²) in [4.78, 5) is 29.4. The summed E-state index contributed by atoms with van der Waals surface area (Å²) >= 11 is 0. The molecule has 0 saturated carbocycles. The van der Waals surface area contributed by atoms with E-state index in [0.717, 1.165) is 24.2 Å². The quantitative estimate of drug-likeness (QED) is 0.480. The zero-order valence-corrected chi connectivity index (χ0v) is 20.0. The number of nitrogens with zero attached hydrogens (tertiary/aromatic N) is 2. The van der Waals surface area contributed by atoms with Crippen LogP contribution >= 0.6 is 0 Å². The van der Waals surface area contributed by atoms with Crippen LogP contribution in [-0.2, 0) is 6.54 Å². The first-order valence-corrected chi connectivity index (χ1v) is 11.7. The van der Waals surface area contributed by atoms with Gasteiger partial charge in [0.1, 0.15) is 5.75 Å². The van der Waals surface area contributed by atoms with Crippen LogP contribution < -0.4 is 15.0 Å². The van der Waals surface area contributed by atoms with Gasteiger partial charge >= 0.3 is 6.03 Å². The zero-order valence-electron chi connectivity index (χ0n) is 20.0. The van der Waals surface area contributed by atoms with Gasteiger partial charge in [-0.25, -0.2) is 4.79 Å². The molecule has 0 atom stereocenters. The highest BCUT2D eigenvalue weighted by Gasteiger charge is 2.26. The number of hydrogen-bond acceptors (Lipinski definition) is 3. The molecule has 0 bridgehead atoms. The SMILES string of the molecule is COc1cccc(C(=O)Nc2ccc(N3CCCN(Cc4ccc(C(C)C)cc4)C3=O)cc2)c1. The number of rotatable bonds is 7. The minimum atomic E-state index is -0.213. The molecule has 176 valence electrons. The van der Waals surface area contributed by atoms with E-state index in [0.29, 0.717) is 36.0 Å². The number of hydrogen-bond donors (Lipinski definition) is 1. The molecule has 3 aromatic carbocycles. The fourth-order valence-electron chi connectivity index (χ4n) is 4.09. The first kappa shape index (κ1) is 23.4. The number of urea groups is 1. The van der Waals surface area contributed by atoms with Gasteiger partial charge in [0.05, 0.1) is 7.11 Å². The molecule has 0 spiro atoms. The van der Waals surface area contributed by atoms with Crippen molar-refractivity contribution in [1.82, 2.24) is 4.90 Å². The molecule has 1 aliphatic heterocycles. The lowest BCUT2D eigenvalue weighted by Crippen LogP contribution is -2.49. The first-order valence-electron chi connectivity index (χ1n) is 11.7. The Morgan fingerprint density at radius 2 is 1.74 bits per heavy atom. The number of ether oxygens (including phenoxy) is 1. The molecule has 6 heteroatoms. The topological polar surface area (TPSA) is 61.9 Å². The normalized spacial score (nSPS) is 13.8. The van der Waals surface area contributed by atoms with Gasteiger partial charge in [0.2, 0.25) is 0 Å². The van der Waals surface area contributed by atoms with Crippen molar-refractivity contribution in [2.24, 2.45) is 0 Å². The van der Waals surface area contributed by atoms with Crippen molar-refractivity contribution in [1.29, 1.82) is 0 Å². The fourth-order valence-corrected chi connectivity index (χ4v) is 4.09. The third-order valence-electron chi connectivity index (χ3n) is 6.10. The van der Waals surface area contributed by atoms with Crippen molar-refractivity contribution < 1.29 is 14.3 Å². The lowest BCUT2D eigenvalue weighted by Gasteiger charge is -2.35. The van der Waals surface area contributed by atoms with Gasteiger partial charge in [-0.15, -0.1) is 0 Å². The van der Waals surface area contributed by atoms with Crippen molar-refractivity contribution in [3.05, 3.63) is 89.5 Å². The van der Waals surface area contributed by atoms with E-state index in [-0.39, 0.29) is 11.9 Å². The lowest BCUT2D eigenvalue weighted by molar-refractivity contribution is 0.102. The summed E-state index contributed by atoms with van der Waals surface area (Å²) in [7, 11) is 1.57. The maximum atomic E-state index is 13.2. The largest absolute Gasteiger partial charge is 0.497 e. The van der Waals surface area contributed by atoms with Gasteiger partial charge in [0.15, 0.2) is 0 Å². The van der Waals surface area contributed by atoms with Gasteiger partial charge < -0.3 is 15.0 Å². The van der Waals surface area contributed by atoms with E-state index < -0.39 is 0 Å². The minimum absolute atomic E-state index is 0.00681. The number of methoxy groups -OCH3 is 1. The van der Waals surface area contributed by atoms with Gasteiger partial charge in [-0.3, -0.25) is 9.69 Å². The van der Waals surface area contributed by atoms with Crippen molar-refractivity contribution in [3.8, 4) is 5.75 Å². The van der Waals surface area contributed by atoms with Crippen LogP contribution in [0.25, 0.3) is 0 Å². The van der Waals surface area contributed by atoms with Crippen molar-refractivity contribution >= 4 is 23.3 Å². The standard InChI is InChI=1S/C28H31N3O3/c1-20(2)22-10-8-21(9-11-22)19-30-16-5-17-31(28(30)33)25-14-12-24(13-15-25)29-27(32)23-6-4-7-26(18-23)34-3/h4,6-15,18,20H,5,16-17,19H2,1-3H3,(H,29,32). The number of carbonyl (C=O) groups is 2. The van der Waals surface area contributed by atoms with Crippen LogP contribution in [0.3, 0.4) is 0 Å². The molecule has 0 unspecified atom stereocenters. The van der Waals surface area contributed by atoms with Crippen molar-refractivity contribution in [3.63, 3.8) is 0 Å². The molecule has 1 aliphatic rings. The van der Waals surface area contributed by atoms with Crippen LogP contribution in [0.4, 0.5) is 16.2 Å². The highest BCUT2D eigenvalue weighted by atomic mass is 16.5. The van der Waals surface area contributed by atoms with E-state index >= 15 is 0 Å². The van der Waals surface area contributed by atoms with Crippen LogP contribution in [0.1, 0.15) is 47.7 Å². The Labute approximate surface area is 201 Å². The molecule has 0 aromatic heterocycles. The van der Waals surface area contributed by atoms with E-state index in [2.05, 4.69) is 43.4 Å². The molecule has 1 N–H and O–H groups in total. The molecule has 6 nitrogen and oxygen atoms in total. The Bertz CT molecular complexity index is 1140. The van der Waals surface area contributed by atoms with E-state index in [9.17, 15) is 9.59 Å². The predicted octanol–water partition coefficient (Wildman–Crippen LogP) is 5.90. The average Bonchev–Trinajstić information content (AvgIpc) is 2.86. The summed E-state index contributed by atoms with van der Waals surface area (Å²) in [6.45, 7) is 6.38. The molecule has 1 fully saturated rings. The van der Waals surface area contributed by atoms with Crippen molar-refractivity contribution in [2.75, 3.05) is 30.4 Å². The molecule has 3 amide bonds. The van der Waals surface area contributed by atoms with E-state index in [1.165, 1.54) is 5.56 Å². The Balaban J connectivity index is 1.40. The van der Waals surface area contributed by atoms with E-state index in [1.807, 2.05) is 29.2 Å². The van der Waals surface area contributed by atoms with Crippen LogP contribution in [0, 0.1) is 0 Å². The Hall–Kier alpha value is -3.80. The van der Waals surface area contributed by atoms with Crippen molar-refractivity contribution in [2.45, 2.75) is 32.7 Å². The molecule has 0 radical (unpaired) electrons. The Morgan fingerprint density at radius 1 is 1.00 bits per heavy atom. The lowest BCUT2D eigenvalue weighted by atomic mass is 10.0. The van der Waals surface area contributed by atoms with Gasteiger partial charge in [-0.1, -0.05) is 44.2 Å². The molecule has 3 aromatic rings. The van der Waals surface area contributed by atoms with E-state index in [4.69, 9.17) is 4.74 Å². The smallest absolute Gasteiger partial charge is 0.324 e. The Kier molecular flexibility index (Phi) is 7.16. The second-order valence-corrected chi connectivity index (χ2v) is 8.84. The summed E-state index contributed by atoms with van der Waals surface area (Å²) in [5.74, 6) is 0.909. The number of benzene rings is 3. The highest BCUT2D eigenvalue weighted by molar-refractivity contribution is 6.04. The minimum Gasteiger partial charge on any atom is -0.497 e. The molecule has 1 saturated heterocycles. The van der Waals surface area contributed by atoms with Crippen LogP contribution in [0.2, 0.25) is 0 Å². The summed E-state index contributed by atoms with van der Waals surface area (Å²) in [6.07, 6.45) is 0.907. The summed E-state index contributed by atoms with van der Waals surface area (Å²) in [6, 6.07) is 22.9. The Morgan fingerprint density at radius 3 is 2.41 bits per heavy atom. The van der Waals surface area contributed by atoms with Crippen LogP contribution in [0.5, 0.6) is 5.75 Å². The second kappa shape index (κ2) is 10.4. The van der Waals surface area contributed by atoms with Gasteiger partial charge in [0.25, 0.3) is 5.91 Å². The number of amides is 3. The molecular formula is C28H31N3O3. The van der Waals surface area contributed by atoms with Crippen LogP contribution in [0.15, 0.2) is 72.8 Å². The monoisotopic (exact) mass is 457 g/mol. The number of anilines is 2. The molecule has 0 aliphatic carbocycles. The second-order valence-electron chi connectivity index (χ2n) is 8.84. The van der Waals surface area contributed by atoms with Gasteiger partial charge in [-0.2, -0.15) is 0 Å². The third kappa shape index (κ3) is 5.39. The maximum absolute atomic E-state index is 13.2. The summed E-state index contributed by atoms with van der Waals surface area (Å²) in [5, 5.41) is 2.90. The van der Waals surface area contributed by atoms with Gasteiger partial charge in [0, 0.05) is 36.6 Å². The molecule has 1 heterocycles. The van der Waals surface area contributed by atoms with Crippen LogP contribution in [-0.4, -0.2) is 37.0 Å². The predicted molar refractivity (Wildman–Crippen MR) is 136 cm³/mol. The van der Waals surface area contributed by atoms with Gasteiger partial charge in [-0.05, 0) is 65.9 Å². The fraction of sp³-hybridized carbons (Fsp3) is 0.286. The third-order valence-corrected chi connectivity index (χ3v) is 6.10. The average molecular weight is 458 g/mol. The number of nitrogens with one attached hydrogen (secondary N) is 1.